The van der Waals surface area contributed by atoms with E-state index in [1.54, 1.807) is 23.1 Å². The van der Waals surface area contributed by atoms with Gasteiger partial charge in [0.15, 0.2) is 9.47 Å². The summed E-state index contributed by atoms with van der Waals surface area (Å²) in [5.41, 5.74) is 7.67. The summed E-state index contributed by atoms with van der Waals surface area (Å²) in [6.07, 6.45) is 1.82. The molecule has 0 atom stereocenters. The monoisotopic (exact) mass is 291 g/mol. The normalized spacial score (nSPS) is 10.7. The summed E-state index contributed by atoms with van der Waals surface area (Å²) in [6.45, 7) is 0. The van der Waals surface area contributed by atoms with Crippen LogP contribution < -0.4 is 5.73 Å². The highest BCUT2D eigenvalue weighted by Gasteiger charge is 2.05. The molecular formula is C12H9N3S3. The average molecular weight is 291 g/mol. The third-order valence-corrected chi connectivity index (χ3v) is 4.81. The van der Waals surface area contributed by atoms with Gasteiger partial charge in [0.1, 0.15) is 0 Å². The summed E-state index contributed by atoms with van der Waals surface area (Å²) in [6, 6.07) is 8.26. The molecule has 3 aromatic rings. The van der Waals surface area contributed by atoms with Crippen molar-refractivity contribution in [1.82, 2.24) is 9.97 Å². The van der Waals surface area contributed by atoms with E-state index in [-0.39, 0.29) is 0 Å². The van der Waals surface area contributed by atoms with Crippen LogP contribution >= 0.6 is 34.4 Å². The zero-order chi connectivity index (χ0) is 12.4. The first-order valence-corrected chi connectivity index (χ1v) is 7.77. The topological polar surface area (TPSA) is 51.8 Å². The average Bonchev–Trinajstić information content (AvgIpc) is 3.01. The summed E-state index contributed by atoms with van der Waals surface area (Å²) in [5.74, 6) is 0. The predicted octanol–water partition coefficient (Wildman–Crippen LogP) is 4.00. The lowest BCUT2D eigenvalue weighted by Crippen LogP contribution is -1.83. The number of aromatic nitrogens is 2. The molecule has 3 nitrogen and oxygen atoms in total. The molecule has 1 aromatic carbocycles. The van der Waals surface area contributed by atoms with Crippen LogP contribution in [0.1, 0.15) is 0 Å². The van der Waals surface area contributed by atoms with Gasteiger partial charge in [-0.15, -0.1) is 22.7 Å². The van der Waals surface area contributed by atoms with Crippen molar-refractivity contribution in [2.75, 3.05) is 5.73 Å². The van der Waals surface area contributed by atoms with Crippen molar-refractivity contribution in [2.45, 2.75) is 9.24 Å². The molecule has 18 heavy (non-hydrogen) atoms. The number of thiazole rings is 2. The van der Waals surface area contributed by atoms with Gasteiger partial charge in [-0.3, -0.25) is 0 Å². The lowest BCUT2D eigenvalue weighted by Gasteiger charge is -2.01. The Morgan fingerprint density at radius 3 is 2.89 bits per heavy atom. The van der Waals surface area contributed by atoms with Crippen molar-refractivity contribution in [1.29, 1.82) is 0 Å². The molecule has 0 amide bonds. The van der Waals surface area contributed by atoms with Crippen molar-refractivity contribution >= 4 is 39.6 Å². The molecule has 0 aliphatic heterocycles. The van der Waals surface area contributed by atoms with Gasteiger partial charge >= 0.3 is 0 Å². The van der Waals surface area contributed by atoms with Crippen LogP contribution in [0.3, 0.4) is 0 Å². The first kappa shape index (κ1) is 11.7. The van der Waals surface area contributed by atoms with E-state index in [2.05, 4.69) is 22.1 Å². The van der Waals surface area contributed by atoms with Gasteiger partial charge in [-0.1, -0.05) is 23.9 Å². The molecule has 90 valence electrons. The molecule has 2 heterocycles. The number of hydrogen-bond donors (Lipinski definition) is 1. The third-order valence-electron chi connectivity index (χ3n) is 2.27. The van der Waals surface area contributed by atoms with E-state index >= 15 is 0 Å². The fourth-order valence-corrected chi connectivity index (χ4v) is 3.73. The SMILES string of the molecule is Nc1nc(-c2cccc(Sc3nccs3)c2)cs1. The lowest BCUT2D eigenvalue weighted by molar-refractivity contribution is 1.25. The van der Waals surface area contributed by atoms with Crippen molar-refractivity contribution in [3.8, 4) is 11.3 Å². The van der Waals surface area contributed by atoms with Gasteiger partial charge in [-0.2, -0.15) is 0 Å². The Kier molecular flexibility index (Phi) is 3.31. The van der Waals surface area contributed by atoms with E-state index in [9.17, 15) is 0 Å². The lowest BCUT2D eigenvalue weighted by atomic mass is 10.2. The van der Waals surface area contributed by atoms with E-state index < -0.39 is 0 Å². The Morgan fingerprint density at radius 1 is 1.22 bits per heavy atom. The van der Waals surface area contributed by atoms with Crippen LogP contribution in [-0.2, 0) is 0 Å². The number of rotatable bonds is 3. The molecule has 0 aliphatic carbocycles. The van der Waals surface area contributed by atoms with Gasteiger partial charge in [-0.05, 0) is 12.1 Å². The molecule has 6 heteroatoms. The maximum absolute atomic E-state index is 5.66. The first-order valence-electron chi connectivity index (χ1n) is 5.20. The first-order chi connectivity index (χ1) is 8.81. The van der Waals surface area contributed by atoms with E-state index in [4.69, 9.17) is 5.73 Å². The molecule has 0 saturated heterocycles. The molecule has 2 aromatic heterocycles. The smallest absolute Gasteiger partial charge is 0.180 e. The van der Waals surface area contributed by atoms with E-state index in [0.717, 1.165) is 20.5 Å². The van der Waals surface area contributed by atoms with E-state index in [1.165, 1.54) is 11.3 Å². The van der Waals surface area contributed by atoms with Gasteiger partial charge in [0.05, 0.1) is 5.69 Å². The fourth-order valence-electron chi connectivity index (χ4n) is 1.50. The summed E-state index contributed by atoms with van der Waals surface area (Å²) < 4.78 is 1.05. The number of benzene rings is 1. The molecule has 0 radical (unpaired) electrons. The predicted molar refractivity (Wildman–Crippen MR) is 78.2 cm³/mol. The molecule has 2 N–H and O–H groups in total. The van der Waals surface area contributed by atoms with E-state index in [0.29, 0.717) is 5.13 Å². The summed E-state index contributed by atoms with van der Waals surface area (Å²) >= 11 is 4.76. The Balaban J connectivity index is 1.89. The summed E-state index contributed by atoms with van der Waals surface area (Å²) in [5, 5.41) is 4.55. The minimum Gasteiger partial charge on any atom is -0.375 e. The van der Waals surface area contributed by atoms with Gasteiger partial charge < -0.3 is 5.73 Å². The number of hydrogen-bond acceptors (Lipinski definition) is 6. The zero-order valence-electron chi connectivity index (χ0n) is 9.24. The highest BCUT2D eigenvalue weighted by Crippen LogP contribution is 2.32. The van der Waals surface area contributed by atoms with Crippen LogP contribution in [0.15, 0.2) is 50.5 Å². The zero-order valence-corrected chi connectivity index (χ0v) is 11.7. The third kappa shape index (κ3) is 2.55. The molecular weight excluding hydrogens is 282 g/mol. The molecule has 0 bridgehead atoms. The minimum atomic E-state index is 0.600. The van der Waals surface area contributed by atoms with Crippen LogP contribution in [0.2, 0.25) is 0 Å². The number of nitrogen functional groups attached to an aromatic ring is 1. The molecule has 0 unspecified atom stereocenters. The van der Waals surface area contributed by atoms with Gasteiger partial charge in [0.2, 0.25) is 0 Å². The fraction of sp³-hybridized carbons (Fsp3) is 0. The standard InChI is InChI=1S/C12H9N3S3/c13-11-15-10(7-17-11)8-2-1-3-9(6-8)18-12-14-4-5-16-12/h1-7H,(H2,13,15). The van der Waals surface area contributed by atoms with Gasteiger partial charge in [0, 0.05) is 27.4 Å². The molecule has 0 saturated carbocycles. The van der Waals surface area contributed by atoms with Gasteiger partial charge in [-0.25, -0.2) is 9.97 Å². The minimum absolute atomic E-state index is 0.600. The van der Waals surface area contributed by atoms with Crippen LogP contribution in [0, 0.1) is 0 Å². The highest BCUT2D eigenvalue weighted by molar-refractivity contribution is 8.01. The molecule has 3 rings (SSSR count). The van der Waals surface area contributed by atoms with Crippen molar-refractivity contribution in [2.24, 2.45) is 0 Å². The Labute approximate surface area is 117 Å². The Morgan fingerprint density at radius 2 is 2.17 bits per heavy atom. The van der Waals surface area contributed by atoms with Gasteiger partial charge in [0.25, 0.3) is 0 Å². The van der Waals surface area contributed by atoms with Crippen LogP contribution in [0.25, 0.3) is 11.3 Å². The number of nitrogens with two attached hydrogens (primary N) is 1. The molecule has 0 fully saturated rings. The summed E-state index contributed by atoms with van der Waals surface area (Å²) in [7, 11) is 0. The van der Waals surface area contributed by atoms with E-state index in [1.807, 2.05) is 29.1 Å². The Bertz CT molecular complexity index is 646. The number of nitrogens with zero attached hydrogens (tertiary/aromatic N) is 2. The summed E-state index contributed by atoms with van der Waals surface area (Å²) in [4.78, 5) is 9.72. The van der Waals surface area contributed by atoms with Crippen molar-refractivity contribution < 1.29 is 0 Å². The second-order valence-corrected chi connectivity index (χ2v) is 6.60. The highest BCUT2D eigenvalue weighted by atomic mass is 32.2. The van der Waals surface area contributed by atoms with Crippen molar-refractivity contribution in [3.63, 3.8) is 0 Å². The Hall–Kier alpha value is -1.37. The second-order valence-electron chi connectivity index (χ2n) is 3.50. The molecule has 0 aliphatic rings. The number of anilines is 1. The van der Waals surface area contributed by atoms with Crippen molar-refractivity contribution in [3.05, 3.63) is 41.2 Å². The van der Waals surface area contributed by atoms with Crippen LogP contribution in [0.5, 0.6) is 0 Å². The maximum Gasteiger partial charge on any atom is 0.180 e. The maximum atomic E-state index is 5.66. The van der Waals surface area contributed by atoms with Crippen LogP contribution in [-0.4, -0.2) is 9.97 Å². The molecule has 0 spiro atoms. The second kappa shape index (κ2) is 5.09. The quantitative estimate of drug-likeness (QED) is 0.792. The van der Waals surface area contributed by atoms with Crippen LogP contribution in [0.4, 0.5) is 5.13 Å². The largest absolute Gasteiger partial charge is 0.375 e.